The normalized spacial score (nSPS) is 13.3. The van der Waals surface area contributed by atoms with Crippen molar-refractivity contribution in [3.63, 3.8) is 0 Å². The number of carbonyl (C=O) groups excluding carboxylic acids is 1. The number of nitrogens with zero attached hydrogens (tertiary/aromatic N) is 4. The molecule has 2 aromatic carbocycles. The summed E-state index contributed by atoms with van der Waals surface area (Å²) in [4.78, 5) is 26.2. The molecule has 0 unspecified atom stereocenters. The smallest absolute Gasteiger partial charge is 0.253 e. The second kappa shape index (κ2) is 8.56. The van der Waals surface area contributed by atoms with E-state index >= 15 is 0 Å². The minimum atomic E-state index is -0.144. The maximum Gasteiger partial charge on any atom is 0.253 e. The summed E-state index contributed by atoms with van der Waals surface area (Å²) in [6.07, 6.45) is 7.38. The zero-order chi connectivity index (χ0) is 23.9. The Labute approximate surface area is 206 Å². The number of anilines is 2. The first kappa shape index (κ1) is 21.4. The lowest BCUT2D eigenvalue weighted by Gasteiger charge is -2.13. The highest BCUT2D eigenvalue weighted by Crippen LogP contribution is 2.32. The predicted octanol–water partition coefficient (Wildman–Crippen LogP) is 4.68. The van der Waals surface area contributed by atoms with Crippen molar-refractivity contribution < 1.29 is 4.79 Å². The van der Waals surface area contributed by atoms with Crippen LogP contribution >= 0.6 is 11.6 Å². The lowest BCUT2D eigenvalue weighted by atomic mass is 10.1. The van der Waals surface area contributed by atoms with Crippen LogP contribution in [0.1, 0.15) is 28.8 Å². The van der Waals surface area contributed by atoms with Crippen molar-refractivity contribution in [3.8, 4) is 11.3 Å². The van der Waals surface area contributed by atoms with Crippen molar-refractivity contribution in [2.24, 2.45) is 0 Å². The molecule has 0 radical (unpaired) electrons. The number of imidazole rings is 1. The summed E-state index contributed by atoms with van der Waals surface area (Å²) < 4.78 is 2.03. The lowest BCUT2D eigenvalue weighted by Crippen LogP contribution is -2.25. The molecule has 0 spiro atoms. The first-order valence-electron chi connectivity index (χ1n) is 11.4. The van der Waals surface area contributed by atoms with Crippen LogP contribution in [0.15, 0.2) is 67.1 Å². The Morgan fingerprint density at radius 2 is 2.03 bits per heavy atom. The Bertz CT molecular complexity index is 1580. The van der Waals surface area contributed by atoms with Crippen LogP contribution in [0.4, 0.5) is 11.5 Å². The van der Waals surface area contributed by atoms with Gasteiger partial charge in [-0.15, -0.1) is 0 Å². The van der Waals surface area contributed by atoms with E-state index in [2.05, 4.69) is 20.6 Å². The van der Waals surface area contributed by atoms with E-state index in [1.165, 1.54) is 0 Å². The molecule has 0 aliphatic heterocycles. The monoisotopic (exact) mass is 483 g/mol. The van der Waals surface area contributed by atoms with E-state index < -0.39 is 0 Å². The van der Waals surface area contributed by atoms with Crippen LogP contribution in [0.2, 0.25) is 5.02 Å². The van der Waals surface area contributed by atoms with Crippen LogP contribution in [-0.4, -0.2) is 31.3 Å². The topological polar surface area (TPSA) is 110 Å². The fourth-order valence-corrected chi connectivity index (χ4v) is 4.38. The number of nitrogens with two attached hydrogens (primary N) is 1. The van der Waals surface area contributed by atoms with E-state index in [1.54, 1.807) is 24.5 Å². The van der Waals surface area contributed by atoms with Crippen molar-refractivity contribution in [1.82, 2.24) is 24.7 Å². The van der Waals surface area contributed by atoms with Gasteiger partial charge >= 0.3 is 0 Å². The zero-order valence-electron chi connectivity index (χ0n) is 18.7. The van der Waals surface area contributed by atoms with Crippen LogP contribution in [-0.2, 0) is 6.54 Å². The molecule has 0 atom stereocenters. The van der Waals surface area contributed by atoms with Crippen molar-refractivity contribution in [1.29, 1.82) is 0 Å². The van der Waals surface area contributed by atoms with Gasteiger partial charge in [-0.2, -0.15) is 0 Å². The number of amides is 1. The number of carbonyl (C=O) groups is 1. The highest BCUT2D eigenvalue weighted by atomic mass is 35.5. The second-order valence-corrected chi connectivity index (χ2v) is 9.08. The molecule has 5 aromatic rings. The standard InChI is InChI=1S/C26H22ClN7O/c27-20-10-16(3-7-19(20)26(35)32-18-5-6-18)23-14-31-25-24(30-13-15-2-1-9-29-12-15)33-21-11-17(28)4-8-22(21)34(23)25/h1-4,7-12,14,18H,5-6,13,28H2,(H,30,33)(H,32,35). The van der Waals surface area contributed by atoms with Gasteiger partial charge in [-0.05, 0) is 54.8 Å². The molecule has 1 amide bonds. The zero-order valence-corrected chi connectivity index (χ0v) is 19.5. The minimum absolute atomic E-state index is 0.144. The Morgan fingerprint density at radius 3 is 2.80 bits per heavy atom. The number of rotatable bonds is 6. The van der Waals surface area contributed by atoms with E-state index in [0.717, 1.165) is 40.7 Å². The first-order valence-corrected chi connectivity index (χ1v) is 11.7. The first-order chi connectivity index (χ1) is 17.1. The van der Waals surface area contributed by atoms with Gasteiger partial charge in [0.05, 0.1) is 33.5 Å². The van der Waals surface area contributed by atoms with E-state index in [-0.39, 0.29) is 11.9 Å². The minimum Gasteiger partial charge on any atom is -0.399 e. The number of halogens is 1. The number of nitrogen functional groups attached to an aromatic ring is 1. The van der Waals surface area contributed by atoms with Gasteiger partial charge in [0.2, 0.25) is 0 Å². The summed E-state index contributed by atoms with van der Waals surface area (Å²) in [5.74, 6) is 0.485. The fourth-order valence-electron chi connectivity index (χ4n) is 4.11. The number of benzene rings is 2. The molecule has 3 aromatic heterocycles. The summed E-state index contributed by atoms with van der Waals surface area (Å²) in [7, 11) is 0. The quantitative estimate of drug-likeness (QED) is 0.302. The van der Waals surface area contributed by atoms with Gasteiger partial charge in [-0.1, -0.05) is 23.7 Å². The molecule has 1 saturated carbocycles. The highest BCUT2D eigenvalue weighted by molar-refractivity contribution is 6.34. The maximum atomic E-state index is 12.5. The average molecular weight is 484 g/mol. The molecule has 174 valence electrons. The van der Waals surface area contributed by atoms with Crippen LogP contribution in [0.25, 0.3) is 27.9 Å². The number of pyridine rings is 1. The average Bonchev–Trinajstić information content (AvgIpc) is 3.56. The maximum absolute atomic E-state index is 12.5. The van der Waals surface area contributed by atoms with Crippen LogP contribution < -0.4 is 16.4 Å². The Balaban J connectivity index is 1.44. The van der Waals surface area contributed by atoms with Gasteiger partial charge in [0.15, 0.2) is 11.5 Å². The Kier molecular flexibility index (Phi) is 5.22. The lowest BCUT2D eigenvalue weighted by molar-refractivity contribution is 0.0951. The molecule has 4 N–H and O–H groups in total. The Hall–Kier alpha value is -4.17. The summed E-state index contributed by atoms with van der Waals surface area (Å²) in [6.45, 7) is 0.545. The SMILES string of the molecule is Nc1ccc2c(c1)nc(NCc1cccnc1)c1ncc(-c3ccc(C(=O)NC4CC4)c(Cl)c3)n12. The third-order valence-corrected chi connectivity index (χ3v) is 6.36. The van der Waals surface area contributed by atoms with Crippen LogP contribution in [0, 0.1) is 0 Å². The van der Waals surface area contributed by atoms with Crippen molar-refractivity contribution >= 4 is 45.7 Å². The number of nitrogens with one attached hydrogen (secondary N) is 2. The van der Waals surface area contributed by atoms with Gasteiger partial charge < -0.3 is 16.4 Å². The molecular formula is C26H22ClN7O. The van der Waals surface area contributed by atoms with Gasteiger partial charge in [0.1, 0.15) is 0 Å². The third-order valence-electron chi connectivity index (χ3n) is 6.05. The van der Waals surface area contributed by atoms with E-state index in [4.69, 9.17) is 22.3 Å². The van der Waals surface area contributed by atoms with Gasteiger partial charge in [-0.3, -0.25) is 14.2 Å². The molecule has 1 fully saturated rings. The summed E-state index contributed by atoms with van der Waals surface area (Å²) in [6, 6.07) is 15.2. The molecule has 1 aliphatic carbocycles. The predicted molar refractivity (Wildman–Crippen MR) is 137 cm³/mol. The largest absolute Gasteiger partial charge is 0.399 e. The van der Waals surface area contributed by atoms with Gasteiger partial charge in [-0.25, -0.2) is 9.97 Å². The molecule has 8 nitrogen and oxygen atoms in total. The van der Waals surface area contributed by atoms with Crippen LogP contribution in [0.3, 0.4) is 0 Å². The summed E-state index contributed by atoms with van der Waals surface area (Å²) in [5, 5.41) is 6.77. The molecule has 6 rings (SSSR count). The van der Waals surface area contributed by atoms with Crippen molar-refractivity contribution in [2.75, 3.05) is 11.1 Å². The molecule has 35 heavy (non-hydrogen) atoms. The number of fused-ring (bicyclic) bond motifs is 3. The number of hydrogen-bond acceptors (Lipinski definition) is 6. The van der Waals surface area contributed by atoms with Gasteiger partial charge in [0.25, 0.3) is 5.91 Å². The molecule has 0 bridgehead atoms. The van der Waals surface area contributed by atoms with E-state index in [9.17, 15) is 4.79 Å². The summed E-state index contributed by atoms with van der Waals surface area (Å²) >= 11 is 6.55. The third kappa shape index (κ3) is 4.13. The Morgan fingerprint density at radius 1 is 1.14 bits per heavy atom. The van der Waals surface area contributed by atoms with E-state index in [0.29, 0.717) is 34.3 Å². The molecule has 0 saturated heterocycles. The molecular weight excluding hydrogens is 462 g/mol. The number of hydrogen-bond donors (Lipinski definition) is 3. The second-order valence-electron chi connectivity index (χ2n) is 8.67. The van der Waals surface area contributed by atoms with Gasteiger partial charge in [0, 0.05) is 36.2 Å². The fraction of sp³-hybridized carbons (Fsp3) is 0.154. The molecule has 9 heteroatoms. The highest BCUT2D eigenvalue weighted by Gasteiger charge is 2.25. The van der Waals surface area contributed by atoms with E-state index in [1.807, 2.05) is 47.0 Å². The van der Waals surface area contributed by atoms with Crippen LogP contribution in [0.5, 0.6) is 0 Å². The molecule has 1 aliphatic rings. The van der Waals surface area contributed by atoms with Crippen molar-refractivity contribution in [2.45, 2.75) is 25.4 Å². The number of aromatic nitrogens is 4. The molecule has 3 heterocycles. The summed E-state index contributed by atoms with van der Waals surface area (Å²) in [5.41, 5.74) is 12.1. The van der Waals surface area contributed by atoms with Crippen molar-refractivity contribution in [3.05, 3.63) is 83.3 Å².